The van der Waals surface area contributed by atoms with Gasteiger partial charge in [0.2, 0.25) is 5.91 Å². The molecule has 0 saturated carbocycles. The molecule has 2 saturated heterocycles. The smallest absolute Gasteiger partial charge is 0.367 e. The second-order valence-electron chi connectivity index (χ2n) is 11.2. The Kier molecular flexibility index (Phi) is 9.99. The lowest BCUT2D eigenvalue weighted by Crippen LogP contribution is -2.52. The van der Waals surface area contributed by atoms with Crippen LogP contribution in [0.2, 0.25) is 5.02 Å². The molecule has 13 heteroatoms. The van der Waals surface area contributed by atoms with E-state index < -0.39 is 41.1 Å². The number of rotatable bonds is 8. The van der Waals surface area contributed by atoms with E-state index >= 15 is 4.39 Å². The highest BCUT2D eigenvalue weighted by atomic mass is 35.5. The minimum Gasteiger partial charge on any atom is -0.367 e. The van der Waals surface area contributed by atoms with Crippen molar-refractivity contribution in [1.82, 2.24) is 15.5 Å². The second-order valence-corrected chi connectivity index (χ2v) is 11.6. The molecule has 0 spiro atoms. The van der Waals surface area contributed by atoms with Crippen molar-refractivity contribution >= 4 is 34.8 Å². The number of halogens is 6. The zero-order chi connectivity index (χ0) is 30.7. The van der Waals surface area contributed by atoms with Gasteiger partial charge in [0.05, 0.1) is 23.4 Å². The van der Waals surface area contributed by atoms with E-state index in [9.17, 15) is 27.2 Å². The third-order valence-electron chi connectivity index (χ3n) is 8.10. The maximum Gasteiger partial charge on any atom is 0.390 e. The van der Waals surface area contributed by atoms with Crippen LogP contribution in [0.3, 0.4) is 0 Å². The van der Waals surface area contributed by atoms with Gasteiger partial charge < -0.3 is 20.9 Å². The molecule has 7 nitrogen and oxygen atoms in total. The Labute approximate surface area is 246 Å². The number of hydrogen-bond donors (Lipinski definition) is 3. The van der Waals surface area contributed by atoms with Crippen molar-refractivity contribution in [3.05, 3.63) is 58.1 Å². The fraction of sp³-hybridized carbons (Fsp3) is 0.517. The van der Waals surface area contributed by atoms with Gasteiger partial charge in [0.25, 0.3) is 5.91 Å². The molecule has 2 amide bonds. The highest BCUT2D eigenvalue weighted by molar-refractivity contribution is 6.31. The molecule has 2 aliphatic heterocycles. The number of nitrogens with zero attached hydrogens (tertiary/aromatic N) is 2. The number of carbonyl (C=O) groups excluding carboxylic acids is 2. The van der Waals surface area contributed by atoms with Crippen LogP contribution < -0.4 is 20.9 Å². The SMILES string of the molecule is C[C@@H]1CN(c2cc(Cl)ccc2NC(=O)c2ccc(CNC(=O)C3(C)CCNCC3)c(F)c2F)CCN1CCC(F)(F)F. The standard InChI is InChI=1S/C29H35ClF5N5O2/c1-18-17-40(14-13-39(18)12-9-29(33,34)35)23-15-20(30)4-6-22(23)38-26(41)21-5-3-19(24(31)25(21)32)16-37-27(42)28(2)7-10-36-11-8-28/h3-6,15,18,36H,7-14,16-17H2,1-2H3,(H,37,42)(H,38,41)/t18-/m1/s1. The molecule has 1 atom stereocenters. The van der Waals surface area contributed by atoms with Gasteiger partial charge in [-0.1, -0.05) is 24.6 Å². The highest BCUT2D eigenvalue weighted by Crippen LogP contribution is 2.33. The normalized spacial score (nSPS) is 19.4. The van der Waals surface area contributed by atoms with Gasteiger partial charge in [0.15, 0.2) is 11.6 Å². The molecule has 3 N–H and O–H groups in total. The fourth-order valence-electron chi connectivity index (χ4n) is 5.37. The predicted octanol–water partition coefficient (Wildman–Crippen LogP) is 5.34. The molecule has 0 unspecified atom stereocenters. The first-order chi connectivity index (χ1) is 19.8. The summed E-state index contributed by atoms with van der Waals surface area (Å²) in [6.07, 6.45) is -3.88. The Morgan fingerprint density at radius 3 is 2.48 bits per heavy atom. The molecule has 42 heavy (non-hydrogen) atoms. The number of piperidine rings is 1. The summed E-state index contributed by atoms with van der Waals surface area (Å²) >= 11 is 6.21. The quantitative estimate of drug-likeness (QED) is 0.350. The Bertz CT molecular complexity index is 1300. The van der Waals surface area contributed by atoms with E-state index in [0.717, 1.165) is 0 Å². The number of carbonyl (C=O) groups is 2. The monoisotopic (exact) mass is 615 g/mol. The van der Waals surface area contributed by atoms with Gasteiger partial charge in [-0.25, -0.2) is 8.78 Å². The molecule has 2 aliphatic rings. The molecule has 2 aromatic rings. The number of piperazine rings is 1. The van der Waals surface area contributed by atoms with Crippen LogP contribution in [0.5, 0.6) is 0 Å². The molecule has 0 aromatic heterocycles. The molecule has 0 bridgehead atoms. The number of nitrogens with one attached hydrogen (secondary N) is 3. The van der Waals surface area contributed by atoms with Crippen molar-refractivity contribution in [2.24, 2.45) is 5.41 Å². The Hall–Kier alpha value is -2.96. The van der Waals surface area contributed by atoms with Gasteiger partial charge in [-0.3, -0.25) is 14.5 Å². The Morgan fingerprint density at radius 1 is 1.10 bits per heavy atom. The number of amides is 2. The molecule has 2 aromatic carbocycles. The number of anilines is 2. The van der Waals surface area contributed by atoms with E-state index in [1.165, 1.54) is 24.3 Å². The van der Waals surface area contributed by atoms with Crippen LogP contribution in [-0.4, -0.2) is 68.2 Å². The van der Waals surface area contributed by atoms with Crippen molar-refractivity contribution in [1.29, 1.82) is 0 Å². The van der Waals surface area contributed by atoms with Crippen molar-refractivity contribution in [3.8, 4) is 0 Å². The van der Waals surface area contributed by atoms with Crippen molar-refractivity contribution in [2.45, 2.75) is 51.9 Å². The number of alkyl halides is 3. The van der Waals surface area contributed by atoms with Crippen molar-refractivity contribution in [3.63, 3.8) is 0 Å². The summed E-state index contributed by atoms with van der Waals surface area (Å²) in [7, 11) is 0. The third kappa shape index (κ3) is 7.70. The zero-order valence-corrected chi connectivity index (χ0v) is 24.3. The maximum atomic E-state index is 15.1. The first kappa shape index (κ1) is 32.0. The minimum atomic E-state index is -4.24. The molecular weight excluding hydrogens is 581 g/mol. The Morgan fingerprint density at radius 2 is 1.81 bits per heavy atom. The summed E-state index contributed by atoms with van der Waals surface area (Å²) in [5.74, 6) is -3.69. The van der Waals surface area contributed by atoms with Gasteiger partial charge in [0, 0.05) is 54.8 Å². The highest BCUT2D eigenvalue weighted by Gasteiger charge is 2.35. The minimum absolute atomic E-state index is 0.0838. The first-order valence-corrected chi connectivity index (χ1v) is 14.3. The summed E-state index contributed by atoms with van der Waals surface area (Å²) in [4.78, 5) is 29.4. The van der Waals surface area contributed by atoms with E-state index in [4.69, 9.17) is 11.6 Å². The fourth-order valence-corrected chi connectivity index (χ4v) is 5.54. The average Bonchev–Trinajstić information content (AvgIpc) is 2.93. The van der Waals surface area contributed by atoms with Crippen molar-refractivity contribution in [2.75, 3.05) is 49.5 Å². The van der Waals surface area contributed by atoms with Crippen molar-refractivity contribution < 1.29 is 31.5 Å². The number of hydrogen-bond acceptors (Lipinski definition) is 5. The van der Waals surface area contributed by atoms with Gasteiger partial charge in [-0.15, -0.1) is 0 Å². The predicted molar refractivity (Wildman–Crippen MR) is 152 cm³/mol. The lowest BCUT2D eigenvalue weighted by molar-refractivity contribution is -0.139. The van der Waals surface area contributed by atoms with E-state index in [0.29, 0.717) is 62.0 Å². The van der Waals surface area contributed by atoms with Gasteiger partial charge >= 0.3 is 6.18 Å². The molecule has 2 fully saturated rings. The molecule has 230 valence electrons. The Balaban J connectivity index is 1.44. The largest absolute Gasteiger partial charge is 0.390 e. The average molecular weight is 616 g/mol. The van der Waals surface area contributed by atoms with Crippen LogP contribution in [0.1, 0.15) is 49.0 Å². The van der Waals surface area contributed by atoms with Crippen LogP contribution in [0.15, 0.2) is 30.3 Å². The van der Waals surface area contributed by atoms with Gasteiger partial charge in [-0.05, 0) is 57.1 Å². The van der Waals surface area contributed by atoms with E-state index in [2.05, 4.69) is 16.0 Å². The lowest BCUT2D eigenvalue weighted by atomic mass is 9.80. The lowest BCUT2D eigenvalue weighted by Gasteiger charge is -2.41. The van der Waals surface area contributed by atoms with E-state index in [1.54, 1.807) is 11.0 Å². The van der Waals surface area contributed by atoms with Crippen LogP contribution in [-0.2, 0) is 11.3 Å². The van der Waals surface area contributed by atoms with E-state index in [1.807, 2.05) is 18.7 Å². The topological polar surface area (TPSA) is 76.7 Å². The third-order valence-corrected chi connectivity index (χ3v) is 8.33. The summed E-state index contributed by atoms with van der Waals surface area (Å²) < 4.78 is 68.2. The molecule has 0 radical (unpaired) electrons. The van der Waals surface area contributed by atoms with Crippen LogP contribution in [0, 0.1) is 17.0 Å². The summed E-state index contributed by atoms with van der Waals surface area (Å²) in [6, 6.07) is 6.91. The maximum absolute atomic E-state index is 15.1. The van der Waals surface area contributed by atoms with Crippen LogP contribution in [0.4, 0.5) is 33.3 Å². The molecule has 0 aliphatic carbocycles. The summed E-state index contributed by atoms with van der Waals surface area (Å²) in [6.45, 7) is 5.84. The summed E-state index contributed by atoms with van der Waals surface area (Å²) in [5, 5.41) is 8.87. The van der Waals surface area contributed by atoms with Crippen LogP contribution >= 0.6 is 11.6 Å². The van der Waals surface area contributed by atoms with E-state index in [-0.39, 0.29) is 30.6 Å². The number of benzene rings is 2. The second kappa shape index (κ2) is 13.1. The summed E-state index contributed by atoms with van der Waals surface area (Å²) in [5.41, 5.74) is -0.376. The van der Waals surface area contributed by atoms with Gasteiger partial charge in [0.1, 0.15) is 0 Å². The zero-order valence-electron chi connectivity index (χ0n) is 23.5. The van der Waals surface area contributed by atoms with Gasteiger partial charge in [-0.2, -0.15) is 13.2 Å². The molecular formula is C29H35ClF5N5O2. The first-order valence-electron chi connectivity index (χ1n) is 13.9. The van der Waals surface area contributed by atoms with Crippen LogP contribution in [0.25, 0.3) is 0 Å². The molecule has 4 rings (SSSR count). The molecule has 2 heterocycles.